The fourth-order valence-electron chi connectivity index (χ4n) is 3.77. The molecular weight excluding hydrogens is 361 g/mol. The van der Waals surface area contributed by atoms with Gasteiger partial charge in [-0.2, -0.15) is 17.0 Å². The van der Waals surface area contributed by atoms with Gasteiger partial charge in [0.05, 0.1) is 12.0 Å². The number of carbonyl (C=O) groups is 1. The summed E-state index contributed by atoms with van der Waals surface area (Å²) in [6, 6.07) is -0.0486. The van der Waals surface area contributed by atoms with Crippen molar-refractivity contribution in [1.82, 2.24) is 13.9 Å². The van der Waals surface area contributed by atoms with Gasteiger partial charge < -0.3 is 20.5 Å². The van der Waals surface area contributed by atoms with Crippen molar-refractivity contribution in [2.24, 2.45) is 17.8 Å². The Morgan fingerprint density at radius 3 is 2.42 bits per heavy atom. The molecule has 9 nitrogen and oxygen atoms in total. The first-order chi connectivity index (χ1) is 12.3. The highest BCUT2D eigenvalue weighted by Gasteiger charge is 2.47. The number of aliphatic carboxylic acids is 1. The topological polar surface area (TPSA) is 130 Å². The predicted molar refractivity (Wildman–Crippen MR) is 95.4 cm³/mol. The van der Waals surface area contributed by atoms with Gasteiger partial charge >= 0.3 is 13.1 Å². The van der Waals surface area contributed by atoms with Gasteiger partial charge in [0.2, 0.25) is 0 Å². The normalized spacial score (nSPS) is 27.7. The molecule has 148 valence electrons. The van der Waals surface area contributed by atoms with Gasteiger partial charge in [-0.05, 0) is 37.4 Å². The van der Waals surface area contributed by atoms with Crippen molar-refractivity contribution in [3.8, 4) is 0 Å². The molecule has 0 aromatic heterocycles. The molecule has 0 bridgehead atoms. The van der Waals surface area contributed by atoms with Crippen molar-refractivity contribution in [3.05, 3.63) is 0 Å². The average molecular weight is 389 g/mol. The highest BCUT2D eigenvalue weighted by Crippen LogP contribution is 2.35. The number of rotatable bonds is 10. The van der Waals surface area contributed by atoms with E-state index in [2.05, 4.69) is 5.32 Å². The van der Waals surface area contributed by atoms with Crippen LogP contribution in [0.5, 0.6) is 0 Å². The number of carboxylic acid groups (broad SMARTS) is 1. The van der Waals surface area contributed by atoms with Gasteiger partial charge in [-0.3, -0.25) is 4.79 Å². The second-order valence-electron chi connectivity index (χ2n) is 7.77. The Kier molecular flexibility index (Phi) is 6.25. The molecule has 0 spiro atoms. The molecule has 11 heteroatoms. The summed E-state index contributed by atoms with van der Waals surface area (Å²) in [5.74, 6) is -1.62. The van der Waals surface area contributed by atoms with Crippen molar-refractivity contribution in [2.45, 2.75) is 38.0 Å². The van der Waals surface area contributed by atoms with Crippen LogP contribution in [-0.4, -0.2) is 84.0 Å². The Morgan fingerprint density at radius 2 is 1.92 bits per heavy atom. The van der Waals surface area contributed by atoms with E-state index >= 15 is 0 Å². The molecule has 0 aromatic rings. The lowest BCUT2D eigenvalue weighted by molar-refractivity contribution is -0.142. The lowest BCUT2D eigenvalue weighted by atomic mass is 9.80. The van der Waals surface area contributed by atoms with Crippen LogP contribution < -0.4 is 5.32 Å². The third kappa shape index (κ3) is 4.57. The Labute approximate surface area is 154 Å². The van der Waals surface area contributed by atoms with Crippen molar-refractivity contribution in [2.75, 3.05) is 32.7 Å². The molecule has 3 aliphatic rings. The van der Waals surface area contributed by atoms with Crippen molar-refractivity contribution in [1.29, 1.82) is 0 Å². The fourth-order valence-corrected chi connectivity index (χ4v) is 5.72. The zero-order valence-electron chi connectivity index (χ0n) is 14.8. The van der Waals surface area contributed by atoms with E-state index in [-0.39, 0.29) is 31.4 Å². The zero-order chi connectivity index (χ0) is 18.9. The molecule has 2 saturated heterocycles. The van der Waals surface area contributed by atoms with Crippen molar-refractivity contribution >= 4 is 23.3 Å². The Balaban J connectivity index is 1.68. The number of nitrogens with zero attached hydrogens (tertiary/aromatic N) is 2. The second-order valence-corrected chi connectivity index (χ2v) is 9.65. The van der Waals surface area contributed by atoms with Gasteiger partial charge in [-0.25, -0.2) is 0 Å². The highest BCUT2D eigenvalue weighted by atomic mass is 32.2. The van der Waals surface area contributed by atoms with E-state index in [1.165, 1.54) is 4.31 Å². The van der Waals surface area contributed by atoms with Crippen LogP contribution in [-0.2, 0) is 15.0 Å². The molecule has 0 radical (unpaired) electrons. The molecule has 3 rings (SSSR count). The summed E-state index contributed by atoms with van der Waals surface area (Å²) in [7, 11) is -5.11. The minimum Gasteiger partial charge on any atom is -0.481 e. The van der Waals surface area contributed by atoms with E-state index in [1.807, 2.05) is 0 Å². The molecular formula is C15H28BN3O6S. The van der Waals surface area contributed by atoms with Crippen LogP contribution in [0, 0.1) is 17.8 Å². The third-order valence-corrected chi connectivity index (χ3v) is 7.68. The molecule has 2 atom stereocenters. The standard InChI is InChI=1S/C15H28BN3O6S/c20-15(21)14-10-18(9-12(14)2-1-5-16(22)23)26(24,25)19(8-11-3-4-11)13-6-17-7-13/h11-14,17,22-23H,1-10H2,(H,20,21). The molecule has 0 aromatic carbocycles. The minimum atomic E-state index is -3.69. The van der Waals surface area contributed by atoms with Gasteiger partial charge in [0.1, 0.15) is 0 Å². The largest absolute Gasteiger partial charge is 0.481 e. The summed E-state index contributed by atoms with van der Waals surface area (Å²) < 4.78 is 29.3. The smallest absolute Gasteiger partial charge is 0.451 e. The van der Waals surface area contributed by atoms with Crippen molar-refractivity contribution < 1.29 is 28.4 Å². The summed E-state index contributed by atoms with van der Waals surface area (Å²) in [6.07, 6.45) is 3.19. The van der Waals surface area contributed by atoms with E-state index in [9.17, 15) is 18.3 Å². The minimum absolute atomic E-state index is 0.00860. The molecule has 1 aliphatic carbocycles. The summed E-state index contributed by atoms with van der Waals surface area (Å²) in [4.78, 5) is 11.6. The summed E-state index contributed by atoms with van der Waals surface area (Å²) in [5.41, 5.74) is 0. The monoisotopic (exact) mass is 389 g/mol. The molecule has 0 amide bonds. The Morgan fingerprint density at radius 1 is 1.23 bits per heavy atom. The zero-order valence-corrected chi connectivity index (χ0v) is 15.6. The first-order valence-corrected chi connectivity index (χ1v) is 10.7. The Bertz CT molecular complexity index is 611. The lowest BCUT2D eigenvalue weighted by Crippen LogP contribution is -2.61. The Hall–Kier alpha value is -0.715. The molecule has 2 heterocycles. The maximum Gasteiger partial charge on any atom is 0.451 e. The molecule has 3 fully saturated rings. The van der Waals surface area contributed by atoms with Crippen LogP contribution in [0.2, 0.25) is 6.32 Å². The van der Waals surface area contributed by atoms with Crippen LogP contribution in [0.15, 0.2) is 0 Å². The summed E-state index contributed by atoms with van der Waals surface area (Å²) in [5, 5.41) is 30.5. The molecule has 2 unspecified atom stereocenters. The SMILES string of the molecule is O=C(O)C1CN(S(=O)(=O)N(CC2CC2)C2CNC2)CC1CCCB(O)O. The van der Waals surface area contributed by atoms with E-state index < -0.39 is 29.2 Å². The van der Waals surface area contributed by atoms with Crippen LogP contribution in [0.3, 0.4) is 0 Å². The second kappa shape index (κ2) is 8.11. The molecule has 26 heavy (non-hydrogen) atoms. The average Bonchev–Trinajstić information content (AvgIpc) is 3.21. The van der Waals surface area contributed by atoms with E-state index in [1.54, 1.807) is 4.31 Å². The maximum atomic E-state index is 13.2. The first kappa shape index (κ1) is 20.0. The van der Waals surface area contributed by atoms with Gasteiger partial charge in [0.15, 0.2) is 0 Å². The lowest BCUT2D eigenvalue weighted by Gasteiger charge is -2.39. The van der Waals surface area contributed by atoms with E-state index in [0.717, 1.165) is 12.8 Å². The van der Waals surface area contributed by atoms with E-state index in [4.69, 9.17) is 10.0 Å². The first-order valence-electron chi connectivity index (χ1n) is 9.35. The quantitative estimate of drug-likeness (QED) is 0.345. The third-order valence-electron chi connectivity index (χ3n) is 5.69. The molecule has 1 saturated carbocycles. The van der Waals surface area contributed by atoms with Crippen LogP contribution in [0.1, 0.15) is 25.7 Å². The number of hydrogen-bond acceptors (Lipinski definition) is 6. The molecule has 2 aliphatic heterocycles. The fraction of sp³-hybridized carbons (Fsp3) is 0.933. The number of nitrogens with one attached hydrogen (secondary N) is 1. The van der Waals surface area contributed by atoms with Crippen LogP contribution >= 0.6 is 0 Å². The van der Waals surface area contributed by atoms with Gasteiger partial charge in [0, 0.05) is 32.7 Å². The van der Waals surface area contributed by atoms with Crippen LogP contribution in [0.25, 0.3) is 0 Å². The number of hydrogen-bond donors (Lipinski definition) is 4. The van der Waals surface area contributed by atoms with Gasteiger partial charge in [-0.1, -0.05) is 6.42 Å². The van der Waals surface area contributed by atoms with E-state index in [0.29, 0.717) is 38.4 Å². The predicted octanol–water partition coefficient (Wildman–Crippen LogP) is -1.20. The van der Waals surface area contributed by atoms with Gasteiger partial charge in [0.25, 0.3) is 10.2 Å². The van der Waals surface area contributed by atoms with Gasteiger partial charge in [-0.15, -0.1) is 0 Å². The number of carboxylic acids is 1. The molecule has 4 N–H and O–H groups in total. The van der Waals surface area contributed by atoms with Crippen LogP contribution in [0.4, 0.5) is 0 Å². The highest BCUT2D eigenvalue weighted by molar-refractivity contribution is 7.86. The summed E-state index contributed by atoms with van der Waals surface area (Å²) in [6.45, 7) is 1.97. The van der Waals surface area contributed by atoms with Crippen molar-refractivity contribution in [3.63, 3.8) is 0 Å². The maximum absolute atomic E-state index is 13.2. The summed E-state index contributed by atoms with van der Waals surface area (Å²) >= 11 is 0.